The first kappa shape index (κ1) is 13.9. The van der Waals surface area contributed by atoms with Crippen LogP contribution in [-0.4, -0.2) is 19.1 Å². The summed E-state index contributed by atoms with van der Waals surface area (Å²) in [4.78, 5) is 24.7. The number of nitrogens with one attached hydrogen (secondary N) is 1. The first-order valence-corrected chi connectivity index (χ1v) is 6.44. The number of carbonyl (C=O) groups is 1. The lowest BCUT2D eigenvalue weighted by Gasteiger charge is -2.21. The minimum Gasteiger partial charge on any atom is -0.421 e. The second-order valence-electron chi connectivity index (χ2n) is 4.33. The minimum atomic E-state index is -0.795. The Labute approximate surface area is 116 Å². The van der Waals surface area contributed by atoms with Crippen LogP contribution in [-0.2, 0) is 0 Å². The topological polar surface area (TPSA) is 88.6 Å². The van der Waals surface area contributed by atoms with E-state index in [9.17, 15) is 9.59 Å². The molecule has 0 aliphatic carbocycles. The summed E-state index contributed by atoms with van der Waals surface area (Å²) in [5.74, 6) is 0. The lowest BCUT2D eigenvalue weighted by atomic mass is 10.2. The molecule has 0 fully saturated rings. The SMILES string of the molecule is CCN(CC)c1ccc2cc(NC(N)=O)c(=O)oc2c1. The molecule has 0 radical (unpaired) electrons. The molecule has 2 amide bonds. The molecule has 0 spiro atoms. The van der Waals surface area contributed by atoms with Gasteiger partial charge in [-0.15, -0.1) is 0 Å². The highest BCUT2D eigenvalue weighted by atomic mass is 16.4. The van der Waals surface area contributed by atoms with Gasteiger partial charge in [0, 0.05) is 30.2 Å². The number of rotatable bonds is 4. The van der Waals surface area contributed by atoms with Gasteiger partial charge in [0.05, 0.1) is 0 Å². The van der Waals surface area contributed by atoms with E-state index in [0.717, 1.165) is 24.2 Å². The monoisotopic (exact) mass is 275 g/mol. The number of nitrogens with two attached hydrogens (primary N) is 1. The molecule has 2 aromatic rings. The predicted molar refractivity (Wildman–Crippen MR) is 79.3 cm³/mol. The van der Waals surface area contributed by atoms with Crippen LogP contribution in [0.4, 0.5) is 16.2 Å². The second-order valence-corrected chi connectivity index (χ2v) is 4.33. The van der Waals surface area contributed by atoms with Crippen molar-refractivity contribution in [2.75, 3.05) is 23.3 Å². The third-order valence-electron chi connectivity index (χ3n) is 3.11. The van der Waals surface area contributed by atoms with Crippen LogP contribution in [0.15, 0.2) is 33.5 Å². The summed E-state index contributed by atoms with van der Waals surface area (Å²) in [7, 11) is 0. The number of primary amides is 1. The summed E-state index contributed by atoms with van der Waals surface area (Å²) in [5.41, 5.74) is 5.89. The van der Waals surface area contributed by atoms with E-state index in [1.807, 2.05) is 18.2 Å². The molecular weight excluding hydrogens is 258 g/mol. The molecule has 0 saturated carbocycles. The third kappa shape index (κ3) is 2.74. The van der Waals surface area contributed by atoms with E-state index in [1.165, 1.54) is 0 Å². The van der Waals surface area contributed by atoms with Crippen LogP contribution in [0.2, 0.25) is 0 Å². The Bertz CT molecular complexity index is 690. The molecule has 6 heteroatoms. The average molecular weight is 275 g/mol. The van der Waals surface area contributed by atoms with E-state index < -0.39 is 11.7 Å². The Morgan fingerprint density at radius 2 is 2.00 bits per heavy atom. The van der Waals surface area contributed by atoms with Crippen LogP contribution in [0.1, 0.15) is 13.8 Å². The van der Waals surface area contributed by atoms with E-state index in [1.54, 1.807) is 6.07 Å². The quantitative estimate of drug-likeness (QED) is 0.836. The standard InChI is InChI=1S/C14H17N3O3/c1-3-17(4-2)10-6-5-9-7-11(16-14(15)19)13(18)20-12(9)8-10/h5-8H,3-4H2,1-2H3,(H3,15,16,19). The first-order valence-electron chi connectivity index (χ1n) is 6.44. The molecule has 0 bridgehead atoms. The Morgan fingerprint density at radius 3 is 2.60 bits per heavy atom. The van der Waals surface area contributed by atoms with E-state index in [0.29, 0.717) is 5.58 Å². The zero-order valence-corrected chi connectivity index (χ0v) is 11.5. The molecule has 20 heavy (non-hydrogen) atoms. The van der Waals surface area contributed by atoms with Gasteiger partial charge in [-0.25, -0.2) is 9.59 Å². The van der Waals surface area contributed by atoms with Crippen LogP contribution in [0.3, 0.4) is 0 Å². The van der Waals surface area contributed by atoms with Gasteiger partial charge in [0.2, 0.25) is 0 Å². The zero-order valence-electron chi connectivity index (χ0n) is 11.5. The predicted octanol–water partition coefficient (Wildman–Crippen LogP) is 2.13. The maximum absolute atomic E-state index is 11.7. The molecule has 1 aromatic carbocycles. The Balaban J connectivity index is 2.50. The van der Waals surface area contributed by atoms with Crippen molar-refractivity contribution in [3.05, 3.63) is 34.7 Å². The van der Waals surface area contributed by atoms with Crippen molar-refractivity contribution < 1.29 is 9.21 Å². The van der Waals surface area contributed by atoms with Crippen molar-refractivity contribution >= 4 is 28.4 Å². The highest BCUT2D eigenvalue weighted by molar-refractivity contribution is 5.90. The number of benzene rings is 1. The molecule has 6 nitrogen and oxygen atoms in total. The highest BCUT2D eigenvalue weighted by Crippen LogP contribution is 2.22. The number of urea groups is 1. The molecule has 1 heterocycles. The van der Waals surface area contributed by atoms with Gasteiger partial charge < -0.3 is 20.4 Å². The Morgan fingerprint density at radius 1 is 1.30 bits per heavy atom. The number of carbonyl (C=O) groups excluding carboxylic acids is 1. The molecule has 3 N–H and O–H groups in total. The molecule has 0 unspecified atom stereocenters. The van der Waals surface area contributed by atoms with Gasteiger partial charge in [0.15, 0.2) is 0 Å². The number of hydrogen-bond donors (Lipinski definition) is 2. The van der Waals surface area contributed by atoms with Crippen LogP contribution in [0, 0.1) is 0 Å². The lowest BCUT2D eigenvalue weighted by molar-refractivity contribution is 0.259. The Kier molecular flexibility index (Phi) is 3.93. The number of fused-ring (bicyclic) bond motifs is 1. The van der Waals surface area contributed by atoms with Crippen molar-refractivity contribution in [3.63, 3.8) is 0 Å². The minimum absolute atomic E-state index is 0.0422. The molecule has 0 saturated heterocycles. The fraction of sp³-hybridized carbons (Fsp3) is 0.286. The summed E-state index contributed by atoms with van der Waals surface area (Å²) in [5, 5.41) is 2.97. The fourth-order valence-electron chi connectivity index (χ4n) is 2.11. The van der Waals surface area contributed by atoms with E-state index in [4.69, 9.17) is 10.2 Å². The van der Waals surface area contributed by atoms with Crippen molar-refractivity contribution in [2.45, 2.75) is 13.8 Å². The smallest absolute Gasteiger partial charge is 0.360 e. The lowest BCUT2D eigenvalue weighted by Crippen LogP contribution is -2.23. The number of hydrogen-bond acceptors (Lipinski definition) is 4. The molecule has 1 aromatic heterocycles. The molecule has 106 valence electrons. The molecule has 0 atom stereocenters. The van der Waals surface area contributed by atoms with E-state index >= 15 is 0 Å². The van der Waals surface area contributed by atoms with Crippen LogP contribution >= 0.6 is 0 Å². The summed E-state index contributed by atoms with van der Waals surface area (Å²) < 4.78 is 5.22. The van der Waals surface area contributed by atoms with Crippen molar-refractivity contribution in [1.82, 2.24) is 0 Å². The first-order chi connectivity index (χ1) is 9.55. The molecule has 0 aliphatic rings. The van der Waals surface area contributed by atoms with Crippen LogP contribution < -0.4 is 21.6 Å². The molecule has 2 rings (SSSR count). The van der Waals surface area contributed by atoms with Crippen molar-refractivity contribution in [1.29, 1.82) is 0 Å². The summed E-state index contributed by atoms with van der Waals surface area (Å²) in [6, 6.07) is 6.37. The molecular formula is C14H17N3O3. The van der Waals surface area contributed by atoms with Crippen LogP contribution in [0.25, 0.3) is 11.0 Å². The largest absolute Gasteiger partial charge is 0.421 e. The van der Waals surface area contributed by atoms with Gasteiger partial charge in [0.25, 0.3) is 0 Å². The van der Waals surface area contributed by atoms with Gasteiger partial charge in [-0.05, 0) is 32.0 Å². The third-order valence-corrected chi connectivity index (χ3v) is 3.11. The van der Waals surface area contributed by atoms with Gasteiger partial charge in [-0.2, -0.15) is 0 Å². The van der Waals surface area contributed by atoms with Gasteiger partial charge >= 0.3 is 11.7 Å². The number of nitrogens with zero attached hydrogens (tertiary/aromatic N) is 1. The highest BCUT2D eigenvalue weighted by Gasteiger charge is 2.09. The van der Waals surface area contributed by atoms with Crippen molar-refractivity contribution in [2.24, 2.45) is 5.73 Å². The summed E-state index contributed by atoms with van der Waals surface area (Å²) >= 11 is 0. The van der Waals surface area contributed by atoms with Gasteiger partial charge in [-0.1, -0.05) is 0 Å². The van der Waals surface area contributed by atoms with E-state index in [2.05, 4.69) is 24.1 Å². The Hall–Kier alpha value is -2.50. The number of amides is 2. The second kappa shape index (κ2) is 5.64. The molecule has 0 aliphatic heterocycles. The normalized spacial score (nSPS) is 10.5. The maximum atomic E-state index is 11.7. The maximum Gasteiger partial charge on any atom is 0.360 e. The summed E-state index contributed by atoms with van der Waals surface area (Å²) in [6.07, 6.45) is 0. The van der Waals surface area contributed by atoms with Gasteiger partial charge in [-0.3, -0.25) is 0 Å². The van der Waals surface area contributed by atoms with Crippen molar-refractivity contribution in [3.8, 4) is 0 Å². The van der Waals surface area contributed by atoms with Crippen LogP contribution in [0.5, 0.6) is 0 Å². The number of anilines is 2. The summed E-state index contributed by atoms with van der Waals surface area (Å²) in [6.45, 7) is 5.86. The average Bonchev–Trinajstić information content (AvgIpc) is 2.40. The zero-order chi connectivity index (χ0) is 14.7. The van der Waals surface area contributed by atoms with Gasteiger partial charge in [0.1, 0.15) is 11.3 Å². The fourth-order valence-corrected chi connectivity index (χ4v) is 2.11. The van der Waals surface area contributed by atoms with E-state index in [-0.39, 0.29) is 5.69 Å².